The van der Waals surface area contributed by atoms with Crippen molar-refractivity contribution in [2.24, 2.45) is 0 Å². The maximum absolute atomic E-state index is 13.0. The van der Waals surface area contributed by atoms with Gasteiger partial charge < -0.3 is 14.8 Å². The summed E-state index contributed by atoms with van der Waals surface area (Å²) in [4.78, 5) is 27.3. The van der Waals surface area contributed by atoms with Gasteiger partial charge in [-0.15, -0.1) is 0 Å². The minimum absolute atomic E-state index is 0.176. The highest BCUT2D eigenvalue weighted by Crippen LogP contribution is 2.37. The lowest BCUT2D eigenvalue weighted by molar-refractivity contribution is -0.118. The lowest BCUT2D eigenvalue weighted by atomic mass is 10.2. The van der Waals surface area contributed by atoms with E-state index in [0.717, 1.165) is 21.3 Å². The van der Waals surface area contributed by atoms with E-state index in [-0.39, 0.29) is 18.4 Å². The van der Waals surface area contributed by atoms with Crippen molar-refractivity contribution in [3.8, 4) is 11.5 Å². The van der Waals surface area contributed by atoms with Crippen molar-refractivity contribution >= 4 is 73.5 Å². The Morgan fingerprint density at radius 2 is 1.89 bits per heavy atom. The van der Waals surface area contributed by atoms with Gasteiger partial charge in [-0.05, 0) is 66.6 Å². The summed E-state index contributed by atoms with van der Waals surface area (Å²) < 4.78 is 12.6. The largest absolute Gasteiger partial charge is 0.493 e. The first-order valence-electron chi connectivity index (χ1n) is 10.6. The standard InChI is InChI=1S/C26H21BrN2O4S2/c1-16-12-18(9-10-20(16)27)28-24(30)15-33-21-11-8-17(13-22(21)32-2)14-23-25(31)29(26(34)35-23)19-6-4-3-5-7-19/h3-14H,15H2,1-2H3,(H,28,30)/b23-14-. The van der Waals surface area contributed by atoms with Crippen LogP contribution in [0.1, 0.15) is 11.1 Å². The molecule has 1 fully saturated rings. The zero-order valence-corrected chi connectivity index (χ0v) is 22.1. The molecular weight excluding hydrogens is 548 g/mol. The van der Waals surface area contributed by atoms with Crippen molar-refractivity contribution in [3.05, 3.63) is 87.2 Å². The third kappa shape index (κ3) is 5.93. The number of amides is 2. The number of rotatable bonds is 7. The van der Waals surface area contributed by atoms with E-state index >= 15 is 0 Å². The van der Waals surface area contributed by atoms with Crippen molar-refractivity contribution in [1.82, 2.24) is 0 Å². The molecule has 178 valence electrons. The highest BCUT2D eigenvalue weighted by molar-refractivity contribution is 9.10. The van der Waals surface area contributed by atoms with E-state index in [2.05, 4.69) is 21.2 Å². The molecule has 2 amide bonds. The maximum Gasteiger partial charge on any atom is 0.270 e. The number of methoxy groups -OCH3 is 1. The Labute approximate surface area is 221 Å². The van der Waals surface area contributed by atoms with Gasteiger partial charge >= 0.3 is 0 Å². The molecule has 1 saturated heterocycles. The second kappa shape index (κ2) is 11.1. The van der Waals surface area contributed by atoms with E-state index in [0.29, 0.717) is 26.4 Å². The van der Waals surface area contributed by atoms with Crippen molar-refractivity contribution < 1.29 is 19.1 Å². The maximum atomic E-state index is 13.0. The summed E-state index contributed by atoms with van der Waals surface area (Å²) in [5.41, 5.74) is 3.19. The molecule has 1 aliphatic heterocycles. The number of halogens is 1. The zero-order chi connectivity index (χ0) is 24.9. The first kappa shape index (κ1) is 25.0. The van der Waals surface area contributed by atoms with Gasteiger partial charge in [0.05, 0.1) is 17.7 Å². The van der Waals surface area contributed by atoms with Crippen LogP contribution in [-0.4, -0.2) is 29.9 Å². The minimum atomic E-state index is -0.289. The molecule has 0 atom stereocenters. The van der Waals surface area contributed by atoms with Gasteiger partial charge in [0.25, 0.3) is 11.8 Å². The summed E-state index contributed by atoms with van der Waals surface area (Å²) in [5.74, 6) is 0.404. The van der Waals surface area contributed by atoms with Crippen LogP contribution in [0.15, 0.2) is 76.1 Å². The summed E-state index contributed by atoms with van der Waals surface area (Å²) in [6.45, 7) is 1.77. The van der Waals surface area contributed by atoms with Crippen molar-refractivity contribution in [2.75, 3.05) is 23.9 Å². The normalized spacial score (nSPS) is 14.4. The number of anilines is 2. The fourth-order valence-electron chi connectivity index (χ4n) is 3.37. The number of nitrogens with one attached hydrogen (secondary N) is 1. The second-order valence-corrected chi connectivity index (χ2v) is 10.1. The first-order valence-corrected chi connectivity index (χ1v) is 12.6. The Morgan fingerprint density at radius 1 is 1.11 bits per heavy atom. The van der Waals surface area contributed by atoms with Gasteiger partial charge in [0.15, 0.2) is 22.4 Å². The molecule has 1 N–H and O–H groups in total. The SMILES string of the molecule is COc1cc(/C=C2\SC(=S)N(c3ccccc3)C2=O)ccc1OCC(=O)Nc1ccc(Br)c(C)c1. The van der Waals surface area contributed by atoms with Crippen molar-refractivity contribution in [1.29, 1.82) is 0 Å². The molecule has 0 saturated carbocycles. The average Bonchev–Trinajstić information content (AvgIpc) is 3.13. The van der Waals surface area contributed by atoms with Crippen LogP contribution in [-0.2, 0) is 9.59 Å². The third-order valence-corrected chi connectivity index (χ3v) is 7.29. The van der Waals surface area contributed by atoms with Gasteiger partial charge in [0.1, 0.15) is 0 Å². The molecule has 9 heteroatoms. The average molecular weight is 570 g/mol. The van der Waals surface area contributed by atoms with E-state index in [4.69, 9.17) is 21.7 Å². The van der Waals surface area contributed by atoms with Gasteiger partial charge in [-0.25, -0.2) is 0 Å². The third-order valence-electron chi connectivity index (χ3n) is 5.09. The number of benzene rings is 3. The van der Waals surface area contributed by atoms with Gasteiger partial charge in [-0.3, -0.25) is 14.5 Å². The molecule has 0 aliphatic carbocycles. The number of carbonyl (C=O) groups excluding carboxylic acids is 2. The number of thioether (sulfide) groups is 1. The first-order chi connectivity index (χ1) is 16.9. The fourth-order valence-corrected chi connectivity index (χ4v) is 4.92. The van der Waals surface area contributed by atoms with Gasteiger partial charge in [-0.1, -0.05) is 64.2 Å². The number of aryl methyl sites for hydroxylation is 1. The molecular formula is C26H21BrN2O4S2. The monoisotopic (exact) mass is 568 g/mol. The van der Waals surface area contributed by atoms with Crippen LogP contribution in [0.2, 0.25) is 0 Å². The highest BCUT2D eigenvalue weighted by atomic mass is 79.9. The van der Waals surface area contributed by atoms with Crippen LogP contribution in [0.25, 0.3) is 6.08 Å². The molecule has 35 heavy (non-hydrogen) atoms. The lowest BCUT2D eigenvalue weighted by Crippen LogP contribution is -2.27. The zero-order valence-electron chi connectivity index (χ0n) is 18.9. The fraction of sp³-hybridized carbons (Fsp3) is 0.115. The topological polar surface area (TPSA) is 67.9 Å². The number of hydrogen-bond acceptors (Lipinski definition) is 6. The van der Waals surface area contributed by atoms with E-state index in [9.17, 15) is 9.59 Å². The quantitative estimate of drug-likeness (QED) is 0.271. The molecule has 0 unspecified atom stereocenters. The van der Waals surface area contributed by atoms with Crippen LogP contribution in [0, 0.1) is 6.92 Å². The predicted molar refractivity (Wildman–Crippen MR) is 148 cm³/mol. The number of ether oxygens (including phenoxy) is 2. The van der Waals surface area contributed by atoms with E-state index < -0.39 is 0 Å². The molecule has 0 radical (unpaired) electrons. The summed E-state index contributed by atoms with van der Waals surface area (Å²) in [6.07, 6.45) is 1.76. The Kier molecular flexibility index (Phi) is 7.90. The van der Waals surface area contributed by atoms with Crippen LogP contribution in [0.4, 0.5) is 11.4 Å². The number of carbonyl (C=O) groups is 2. The number of nitrogens with zero attached hydrogens (tertiary/aromatic N) is 1. The summed E-state index contributed by atoms with van der Waals surface area (Å²) in [5, 5.41) is 2.81. The van der Waals surface area contributed by atoms with E-state index in [1.54, 1.807) is 24.3 Å². The smallest absolute Gasteiger partial charge is 0.270 e. The van der Waals surface area contributed by atoms with Gasteiger partial charge in [-0.2, -0.15) is 0 Å². The lowest BCUT2D eigenvalue weighted by Gasteiger charge is -2.14. The Bertz CT molecular complexity index is 1330. The summed E-state index contributed by atoms with van der Waals surface area (Å²) in [6, 6.07) is 20.1. The van der Waals surface area contributed by atoms with E-state index in [1.807, 2.05) is 55.5 Å². The van der Waals surface area contributed by atoms with Gasteiger partial charge in [0.2, 0.25) is 0 Å². The Morgan fingerprint density at radius 3 is 2.60 bits per heavy atom. The summed E-state index contributed by atoms with van der Waals surface area (Å²) in [7, 11) is 1.52. The van der Waals surface area contributed by atoms with Crippen LogP contribution in [0.3, 0.4) is 0 Å². The van der Waals surface area contributed by atoms with Crippen molar-refractivity contribution in [3.63, 3.8) is 0 Å². The number of para-hydroxylation sites is 1. The molecule has 6 nitrogen and oxygen atoms in total. The second-order valence-electron chi connectivity index (χ2n) is 7.56. The molecule has 3 aromatic carbocycles. The molecule has 0 aromatic heterocycles. The molecule has 3 aromatic rings. The molecule has 1 aliphatic rings. The molecule has 1 heterocycles. The minimum Gasteiger partial charge on any atom is -0.493 e. The Hall–Kier alpha value is -3.14. The number of hydrogen-bond donors (Lipinski definition) is 1. The molecule has 4 rings (SSSR count). The number of thiocarbonyl (C=S) groups is 1. The molecule has 0 bridgehead atoms. The molecule has 0 spiro atoms. The van der Waals surface area contributed by atoms with Crippen LogP contribution < -0.4 is 19.7 Å². The van der Waals surface area contributed by atoms with Crippen LogP contribution in [0.5, 0.6) is 11.5 Å². The summed E-state index contributed by atoms with van der Waals surface area (Å²) >= 11 is 10.1. The predicted octanol–water partition coefficient (Wildman–Crippen LogP) is 6.19. The highest BCUT2D eigenvalue weighted by Gasteiger charge is 2.33. The van der Waals surface area contributed by atoms with Crippen LogP contribution >= 0.6 is 39.9 Å². The Balaban J connectivity index is 1.44. The van der Waals surface area contributed by atoms with Gasteiger partial charge in [0, 0.05) is 10.2 Å². The van der Waals surface area contributed by atoms with E-state index in [1.165, 1.54) is 23.8 Å². The van der Waals surface area contributed by atoms with Crippen molar-refractivity contribution in [2.45, 2.75) is 6.92 Å².